The molecule has 2 rings (SSSR count). The molecule has 0 saturated heterocycles. The maximum Gasteiger partial charge on any atom is 0.125 e. The predicted molar refractivity (Wildman–Crippen MR) is 52.4 cm³/mol. The van der Waals surface area contributed by atoms with Gasteiger partial charge in [0.15, 0.2) is 0 Å². The zero-order valence-electron chi connectivity index (χ0n) is 7.57. The van der Waals surface area contributed by atoms with Gasteiger partial charge in [0.1, 0.15) is 5.82 Å². The van der Waals surface area contributed by atoms with Gasteiger partial charge < -0.3 is 20.8 Å². The number of hydrogen-bond donors (Lipinski definition) is 4. The Morgan fingerprint density at radius 2 is 2.36 bits per heavy atom. The lowest BCUT2D eigenvalue weighted by atomic mass is 10.3. The number of imidazole rings is 1. The maximum atomic E-state index is 8.84. The molecule has 0 aliphatic carbocycles. The Morgan fingerprint density at radius 1 is 1.50 bits per heavy atom. The number of hydrogen-bond acceptors (Lipinski definition) is 3. The molecule has 0 aliphatic heterocycles. The molecule has 2 aromatic rings. The van der Waals surface area contributed by atoms with Gasteiger partial charge in [0.05, 0.1) is 30.2 Å². The third kappa shape index (κ3) is 1.55. The summed E-state index contributed by atoms with van der Waals surface area (Å²) in [6.07, 6.45) is 3.53. The lowest BCUT2D eigenvalue weighted by molar-refractivity contribution is 0.264. The number of aromatic nitrogens is 3. The van der Waals surface area contributed by atoms with Crippen LogP contribution in [0.5, 0.6) is 0 Å². The van der Waals surface area contributed by atoms with Gasteiger partial charge in [0, 0.05) is 6.20 Å². The normalized spacial score (nSPS) is 13.0. The minimum absolute atomic E-state index is 0.113. The van der Waals surface area contributed by atoms with Crippen LogP contribution < -0.4 is 5.73 Å². The van der Waals surface area contributed by atoms with Crippen LogP contribution in [-0.2, 0) is 0 Å². The van der Waals surface area contributed by atoms with Crippen LogP contribution in [0.2, 0.25) is 0 Å². The first kappa shape index (κ1) is 8.98. The summed E-state index contributed by atoms with van der Waals surface area (Å²) in [5.41, 5.74) is 7.43. The number of aliphatic hydroxyl groups is 1. The first-order valence-electron chi connectivity index (χ1n) is 4.36. The van der Waals surface area contributed by atoms with E-state index in [1.165, 1.54) is 0 Å². The van der Waals surface area contributed by atoms with Gasteiger partial charge in [-0.25, -0.2) is 4.98 Å². The predicted octanol–water partition coefficient (Wildman–Crippen LogP) is 0.397. The van der Waals surface area contributed by atoms with Gasteiger partial charge in [-0.1, -0.05) is 0 Å². The molecule has 14 heavy (non-hydrogen) atoms. The summed E-state index contributed by atoms with van der Waals surface area (Å²) in [6.45, 7) is -0.113. The van der Waals surface area contributed by atoms with Gasteiger partial charge in [-0.2, -0.15) is 0 Å². The average molecular weight is 192 g/mol. The van der Waals surface area contributed by atoms with Crippen LogP contribution in [0.3, 0.4) is 0 Å². The fourth-order valence-corrected chi connectivity index (χ4v) is 1.25. The van der Waals surface area contributed by atoms with E-state index in [1.807, 2.05) is 18.3 Å². The molecule has 0 fully saturated rings. The molecule has 0 saturated carbocycles. The Morgan fingerprint density at radius 3 is 3.00 bits per heavy atom. The molecule has 5 N–H and O–H groups in total. The van der Waals surface area contributed by atoms with Crippen molar-refractivity contribution in [2.24, 2.45) is 5.73 Å². The van der Waals surface area contributed by atoms with Crippen molar-refractivity contribution in [3.63, 3.8) is 0 Å². The highest BCUT2D eigenvalue weighted by Gasteiger charge is 2.09. The maximum absolute atomic E-state index is 8.84. The fourth-order valence-electron chi connectivity index (χ4n) is 1.25. The summed E-state index contributed by atoms with van der Waals surface area (Å²) in [4.78, 5) is 10.2. The van der Waals surface area contributed by atoms with Crippen LogP contribution in [0.1, 0.15) is 11.9 Å². The topological polar surface area (TPSA) is 90.7 Å². The van der Waals surface area contributed by atoms with Crippen LogP contribution in [0.15, 0.2) is 24.5 Å². The summed E-state index contributed by atoms with van der Waals surface area (Å²) in [5, 5.41) is 8.84. The molecule has 5 heteroatoms. The molecule has 0 amide bonds. The van der Waals surface area contributed by atoms with Crippen molar-refractivity contribution in [3.8, 4) is 11.4 Å². The van der Waals surface area contributed by atoms with Crippen LogP contribution in [0.25, 0.3) is 11.4 Å². The number of H-pyrrole nitrogens is 2. The van der Waals surface area contributed by atoms with Gasteiger partial charge in [-0.05, 0) is 12.1 Å². The Bertz CT molecular complexity index is 393. The molecule has 0 radical (unpaired) electrons. The van der Waals surface area contributed by atoms with E-state index in [1.54, 1.807) is 6.20 Å². The summed E-state index contributed by atoms with van der Waals surface area (Å²) >= 11 is 0. The molecule has 0 bridgehead atoms. The Hall–Kier alpha value is -1.59. The molecule has 2 aromatic heterocycles. The average Bonchev–Trinajstić information content (AvgIpc) is 2.86. The minimum Gasteiger partial charge on any atom is -0.394 e. The first-order chi connectivity index (χ1) is 6.81. The fraction of sp³-hybridized carbons (Fsp3) is 0.222. The smallest absolute Gasteiger partial charge is 0.125 e. The number of nitrogens with two attached hydrogens (primary N) is 1. The number of aliphatic hydroxyl groups excluding tert-OH is 1. The Labute approximate surface area is 81.0 Å². The quantitative estimate of drug-likeness (QED) is 0.567. The van der Waals surface area contributed by atoms with E-state index in [-0.39, 0.29) is 6.61 Å². The number of rotatable bonds is 3. The second-order valence-corrected chi connectivity index (χ2v) is 3.05. The highest BCUT2D eigenvalue weighted by Crippen LogP contribution is 2.15. The number of aromatic amines is 2. The Balaban J connectivity index is 2.26. The van der Waals surface area contributed by atoms with Crippen molar-refractivity contribution in [3.05, 3.63) is 30.4 Å². The highest BCUT2D eigenvalue weighted by atomic mass is 16.3. The molecule has 1 atom stereocenters. The van der Waals surface area contributed by atoms with Crippen molar-refractivity contribution in [1.82, 2.24) is 15.0 Å². The van der Waals surface area contributed by atoms with E-state index in [0.717, 1.165) is 11.4 Å². The second-order valence-electron chi connectivity index (χ2n) is 3.05. The highest BCUT2D eigenvalue weighted by molar-refractivity contribution is 5.53. The van der Waals surface area contributed by atoms with Gasteiger partial charge in [-0.3, -0.25) is 0 Å². The zero-order chi connectivity index (χ0) is 9.97. The van der Waals surface area contributed by atoms with Gasteiger partial charge in [-0.15, -0.1) is 0 Å². The third-order valence-electron chi connectivity index (χ3n) is 2.03. The second kappa shape index (κ2) is 3.65. The molecular formula is C9H12N4O. The van der Waals surface area contributed by atoms with Crippen LogP contribution in [-0.4, -0.2) is 26.7 Å². The summed E-state index contributed by atoms with van der Waals surface area (Å²) < 4.78 is 0. The van der Waals surface area contributed by atoms with Crippen molar-refractivity contribution in [1.29, 1.82) is 0 Å². The molecule has 74 valence electrons. The molecular weight excluding hydrogens is 180 g/mol. The SMILES string of the molecule is NC(CO)c1ncc(-c2ccc[nH]2)[nH]1. The molecule has 1 unspecified atom stereocenters. The zero-order valence-corrected chi connectivity index (χ0v) is 7.57. The van der Waals surface area contributed by atoms with Crippen LogP contribution >= 0.6 is 0 Å². The van der Waals surface area contributed by atoms with Crippen molar-refractivity contribution < 1.29 is 5.11 Å². The van der Waals surface area contributed by atoms with E-state index in [2.05, 4.69) is 15.0 Å². The standard InChI is InChI=1S/C9H12N4O/c10-6(5-14)9-12-4-8(13-9)7-2-1-3-11-7/h1-4,6,11,14H,5,10H2,(H,12,13). The lowest BCUT2D eigenvalue weighted by Crippen LogP contribution is -2.15. The van der Waals surface area contributed by atoms with Crippen molar-refractivity contribution in [2.75, 3.05) is 6.61 Å². The monoisotopic (exact) mass is 192 g/mol. The van der Waals surface area contributed by atoms with Gasteiger partial charge in [0.25, 0.3) is 0 Å². The Kier molecular flexibility index (Phi) is 2.34. The third-order valence-corrected chi connectivity index (χ3v) is 2.03. The van der Waals surface area contributed by atoms with Crippen molar-refractivity contribution in [2.45, 2.75) is 6.04 Å². The molecule has 0 aliphatic rings. The van der Waals surface area contributed by atoms with E-state index in [0.29, 0.717) is 5.82 Å². The minimum atomic E-state index is -0.446. The van der Waals surface area contributed by atoms with Crippen LogP contribution in [0.4, 0.5) is 0 Å². The first-order valence-corrected chi connectivity index (χ1v) is 4.36. The molecule has 5 nitrogen and oxygen atoms in total. The van der Waals surface area contributed by atoms with E-state index in [9.17, 15) is 0 Å². The molecule has 0 aromatic carbocycles. The summed E-state index contributed by atoms with van der Waals surface area (Å²) in [6, 6.07) is 3.39. The van der Waals surface area contributed by atoms with E-state index >= 15 is 0 Å². The largest absolute Gasteiger partial charge is 0.394 e. The molecule has 2 heterocycles. The van der Waals surface area contributed by atoms with Crippen molar-refractivity contribution >= 4 is 0 Å². The summed E-state index contributed by atoms with van der Waals surface area (Å²) in [5.74, 6) is 0.595. The van der Waals surface area contributed by atoms with Gasteiger partial charge in [0.2, 0.25) is 0 Å². The summed E-state index contributed by atoms with van der Waals surface area (Å²) in [7, 11) is 0. The van der Waals surface area contributed by atoms with E-state index in [4.69, 9.17) is 10.8 Å². The number of nitrogens with zero attached hydrogens (tertiary/aromatic N) is 1. The van der Waals surface area contributed by atoms with Gasteiger partial charge >= 0.3 is 0 Å². The van der Waals surface area contributed by atoms with Crippen LogP contribution in [0, 0.1) is 0 Å². The number of nitrogens with one attached hydrogen (secondary N) is 2. The lowest BCUT2D eigenvalue weighted by Gasteiger charge is -2.02. The molecule has 0 spiro atoms. The van der Waals surface area contributed by atoms with E-state index < -0.39 is 6.04 Å².